The van der Waals surface area contributed by atoms with Crippen molar-refractivity contribution in [2.45, 2.75) is 30.7 Å². The van der Waals surface area contributed by atoms with E-state index in [1.54, 1.807) is 0 Å². The van der Waals surface area contributed by atoms with Gasteiger partial charge in [-0.15, -0.1) is 0 Å². The highest BCUT2D eigenvalue weighted by Crippen LogP contribution is 2.43. The van der Waals surface area contributed by atoms with Gasteiger partial charge in [0.15, 0.2) is 0 Å². The zero-order chi connectivity index (χ0) is 22.1. The fraction of sp³-hybridized carbons (Fsp3) is 0.316. The van der Waals surface area contributed by atoms with Crippen molar-refractivity contribution in [3.8, 4) is 6.07 Å². The van der Waals surface area contributed by atoms with Gasteiger partial charge in [0.1, 0.15) is 6.04 Å². The average Bonchev–Trinajstić information content (AvgIpc) is 3.50. The van der Waals surface area contributed by atoms with Gasteiger partial charge in [0.25, 0.3) is 11.8 Å². The SMILES string of the molecule is N#Cc1ccc(N2C(=O)C3C4CC(CN4C(=O)c4ccno4)N3C2=O)cc1C(F)(F)F. The van der Waals surface area contributed by atoms with Crippen molar-refractivity contribution in [2.24, 2.45) is 0 Å². The van der Waals surface area contributed by atoms with Crippen LogP contribution in [0.25, 0.3) is 0 Å². The van der Waals surface area contributed by atoms with Gasteiger partial charge in [0.2, 0.25) is 5.76 Å². The highest BCUT2D eigenvalue weighted by molar-refractivity contribution is 6.22. The number of aromatic nitrogens is 1. The molecule has 2 aromatic rings. The third kappa shape index (κ3) is 2.62. The number of benzene rings is 1. The number of urea groups is 1. The van der Waals surface area contributed by atoms with Crippen LogP contribution in [0.5, 0.6) is 0 Å². The van der Waals surface area contributed by atoms with Crippen molar-refractivity contribution in [3.63, 3.8) is 0 Å². The standard InChI is InChI=1S/C19H12F3N5O4/c20-19(21,22)12-5-10(2-1-9(12)7-23)27-17(29)15-13-6-11(26(15)18(27)30)8-25(13)16(28)14-3-4-24-31-14/h1-5,11,13,15H,6,8H2. The maximum atomic E-state index is 13.3. The van der Waals surface area contributed by atoms with Gasteiger partial charge in [0.05, 0.1) is 41.2 Å². The molecule has 3 aliphatic rings. The van der Waals surface area contributed by atoms with Crippen molar-refractivity contribution in [2.75, 3.05) is 11.4 Å². The first-order chi connectivity index (χ1) is 14.7. The summed E-state index contributed by atoms with van der Waals surface area (Å²) >= 11 is 0. The Labute approximate surface area is 172 Å². The number of carbonyl (C=O) groups is 3. The third-order valence-corrected chi connectivity index (χ3v) is 5.86. The lowest BCUT2D eigenvalue weighted by molar-refractivity contribution is -0.137. The lowest BCUT2D eigenvalue weighted by Crippen LogP contribution is -2.54. The molecule has 0 N–H and O–H groups in total. The number of hydrogen-bond acceptors (Lipinski definition) is 6. The van der Waals surface area contributed by atoms with Crippen molar-refractivity contribution in [1.29, 1.82) is 5.26 Å². The van der Waals surface area contributed by atoms with Crippen LogP contribution < -0.4 is 4.90 Å². The second-order valence-electron chi connectivity index (χ2n) is 7.44. The van der Waals surface area contributed by atoms with Crippen LogP contribution in [-0.4, -0.2) is 57.5 Å². The molecule has 2 bridgehead atoms. The molecule has 1 aromatic carbocycles. The number of likely N-dealkylation sites (tertiary alicyclic amines) is 1. The van der Waals surface area contributed by atoms with E-state index >= 15 is 0 Å². The topological polar surface area (TPSA) is 111 Å². The highest BCUT2D eigenvalue weighted by Gasteiger charge is 2.63. The summed E-state index contributed by atoms with van der Waals surface area (Å²) in [6, 6.07) is 2.72. The van der Waals surface area contributed by atoms with E-state index in [0.29, 0.717) is 17.4 Å². The van der Waals surface area contributed by atoms with Gasteiger partial charge < -0.3 is 14.3 Å². The minimum Gasteiger partial charge on any atom is -0.351 e. The first-order valence-corrected chi connectivity index (χ1v) is 9.21. The summed E-state index contributed by atoms with van der Waals surface area (Å²) in [6.45, 7) is 0.175. The van der Waals surface area contributed by atoms with Crippen LogP contribution in [0.4, 0.5) is 23.7 Å². The van der Waals surface area contributed by atoms with Gasteiger partial charge in [-0.2, -0.15) is 18.4 Å². The minimum absolute atomic E-state index is 0.00496. The molecule has 0 spiro atoms. The van der Waals surface area contributed by atoms with Gasteiger partial charge >= 0.3 is 12.2 Å². The van der Waals surface area contributed by atoms with E-state index in [2.05, 4.69) is 5.16 Å². The Balaban J connectivity index is 1.48. The Bertz CT molecular complexity index is 1160. The lowest BCUT2D eigenvalue weighted by Gasteiger charge is -2.34. The first-order valence-electron chi connectivity index (χ1n) is 9.21. The molecular weight excluding hydrogens is 419 g/mol. The van der Waals surface area contributed by atoms with Crippen LogP contribution in [0.3, 0.4) is 0 Å². The number of amides is 4. The Kier molecular flexibility index (Phi) is 3.89. The van der Waals surface area contributed by atoms with Gasteiger partial charge in [-0.25, -0.2) is 9.69 Å². The molecule has 0 radical (unpaired) electrons. The zero-order valence-corrected chi connectivity index (χ0v) is 15.5. The molecule has 3 fully saturated rings. The van der Waals surface area contributed by atoms with E-state index in [1.165, 1.54) is 28.1 Å². The number of anilines is 1. The molecular formula is C19H12F3N5O4. The number of alkyl halides is 3. The Morgan fingerprint density at radius 2 is 2.03 bits per heavy atom. The van der Waals surface area contributed by atoms with Gasteiger partial charge in [0, 0.05) is 12.6 Å². The molecule has 0 aliphatic carbocycles. The van der Waals surface area contributed by atoms with Crippen LogP contribution in [0.1, 0.15) is 28.1 Å². The Morgan fingerprint density at radius 3 is 2.68 bits per heavy atom. The molecule has 4 heterocycles. The maximum absolute atomic E-state index is 13.3. The molecule has 158 valence electrons. The van der Waals surface area contributed by atoms with Crippen LogP contribution in [0.15, 0.2) is 35.0 Å². The van der Waals surface area contributed by atoms with Crippen LogP contribution >= 0.6 is 0 Å². The van der Waals surface area contributed by atoms with Crippen LogP contribution in [0.2, 0.25) is 0 Å². The van der Waals surface area contributed by atoms with E-state index in [9.17, 15) is 27.6 Å². The number of piperazine rings is 1. The summed E-state index contributed by atoms with van der Waals surface area (Å²) in [7, 11) is 0. The lowest BCUT2D eigenvalue weighted by atomic mass is 10.1. The number of halogens is 3. The molecule has 3 aliphatic heterocycles. The number of nitrogens with zero attached hydrogens (tertiary/aromatic N) is 5. The number of rotatable bonds is 2. The van der Waals surface area contributed by atoms with E-state index in [1.807, 2.05) is 0 Å². The summed E-state index contributed by atoms with van der Waals surface area (Å²) in [5, 5.41) is 12.4. The quantitative estimate of drug-likeness (QED) is 0.673. The Morgan fingerprint density at radius 1 is 1.26 bits per heavy atom. The number of nitriles is 1. The summed E-state index contributed by atoms with van der Waals surface area (Å²) in [5.74, 6) is -1.19. The summed E-state index contributed by atoms with van der Waals surface area (Å²) in [4.78, 5) is 42.2. The summed E-state index contributed by atoms with van der Waals surface area (Å²) in [6.07, 6.45) is -3.14. The molecule has 31 heavy (non-hydrogen) atoms. The molecule has 12 heteroatoms. The number of hydrogen-bond donors (Lipinski definition) is 0. The summed E-state index contributed by atoms with van der Waals surface area (Å²) in [5.41, 5.74) is -2.12. The van der Waals surface area contributed by atoms with E-state index in [0.717, 1.165) is 12.1 Å². The fourth-order valence-electron chi connectivity index (χ4n) is 4.60. The minimum atomic E-state index is -4.83. The van der Waals surface area contributed by atoms with E-state index < -0.39 is 53.3 Å². The van der Waals surface area contributed by atoms with Crippen molar-refractivity contribution < 1.29 is 32.1 Å². The molecule has 5 rings (SSSR count). The zero-order valence-electron chi connectivity index (χ0n) is 15.5. The molecule has 4 amide bonds. The molecule has 0 saturated carbocycles. The van der Waals surface area contributed by atoms with Gasteiger partial charge in [-0.3, -0.25) is 9.59 Å². The largest absolute Gasteiger partial charge is 0.417 e. The molecule has 3 unspecified atom stereocenters. The molecule has 3 saturated heterocycles. The number of imide groups is 1. The van der Waals surface area contributed by atoms with E-state index in [4.69, 9.17) is 9.78 Å². The number of fused-ring (bicyclic) bond motifs is 5. The second kappa shape index (κ2) is 6.31. The van der Waals surface area contributed by atoms with Crippen LogP contribution in [0, 0.1) is 11.3 Å². The van der Waals surface area contributed by atoms with Gasteiger partial charge in [-0.1, -0.05) is 5.16 Å². The number of carbonyl (C=O) groups excluding carboxylic acids is 3. The predicted molar refractivity (Wildman–Crippen MR) is 94.4 cm³/mol. The Hall–Kier alpha value is -3.88. The molecule has 3 atom stereocenters. The molecule has 1 aromatic heterocycles. The van der Waals surface area contributed by atoms with Gasteiger partial charge in [-0.05, 0) is 24.6 Å². The monoisotopic (exact) mass is 431 g/mol. The normalized spacial score (nSPS) is 24.7. The fourth-order valence-corrected chi connectivity index (χ4v) is 4.60. The smallest absolute Gasteiger partial charge is 0.351 e. The third-order valence-electron chi connectivity index (χ3n) is 5.86. The second-order valence-corrected chi connectivity index (χ2v) is 7.44. The van der Waals surface area contributed by atoms with E-state index in [-0.39, 0.29) is 18.0 Å². The van der Waals surface area contributed by atoms with Crippen LogP contribution in [-0.2, 0) is 11.0 Å². The average molecular weight is 431 g/mol. The summed E-state index contributed by atoms with van der Waals surface area (Å²) < 4.78 is 44.9. The van der Waals surface area contributed by atoms with Crippen molar-refractivity contribution in [1.82, 2.24) is 15.0 Å². The van der Waals surface area contributed by atoms with Crippen molar-refractivity contribution >= 4 is 23.5 Å². The molecule has 9 nitrogen and oxygen atoms in total. The first kappa shape index (κ1) is 19.1. The predicted octanol–water partition coefficient (Wildman–Crippen LogP) is 2.00. The highest BCUT2D eigenvalue weighted by atomic mass is 19.4. The van der Waals surface area contributed by atoms with Crippen molar-refractivity contribution in [3.05, 3.63) is 47.3 Å². The maximum Gasteiger partial charge on any atom is 0.417 e.